The summed E-state index contributed by atoms with van der Waals surface area (Å²) in [5, 5.41) is 12.2. The van der Waals surface area contributed by atoms with Crippen LogP contribution in [0.4, 0.5) is 0 Å². The summed E-state index contributed by atoms with van der Waals surface area (Å²) in [4.78, 5) is 17.0. The third-order valence-corrected chi connectivity index (χ3v) is 5.26. The van der Waals surface area contributed by atoms with Crippen LogP contribution in [0, 0.1) is 17.2 Å². The van der Waals surface area contributed by atoms with E-state index in [1.807, 2.05) is 13.8 Å². The first-order chi connectivity index (χ1) is 11.5. The van der Waals surface area contributed by atoms with Crippen molar-refractivity contribution < 1.29 is 4.79 Å². The SMILES string of the molecule is CC(C)c1cc(C#N)cnc1C(=O)NC1CCC2NNC(C)C2C1. The van der Waals surface area contributed by atoms with Crippen LogP contribution < -0.4 is 16.2 Å². The standard InChI is InChI=1S/C18H25N5O/c1-10(2)14-6-12(8-19)9-20-17(14)18(24)21-13-4-5-16-15(7-13)11(3)22-23-16/h6,9-11,13,15-16,22-23H,4-5,7H2,1-3H3,(H,21,24). The number of carbonyl (C=O) groups is 1. The van der Waals surface area contributed by atoms with E-state index in [4.69, 9.17) is 5.26 Å². The average Bonchev–Trinajstić information content (AvgIpc) is 2.95. The molecule has 2 heterocycles. The van der Waals surface area contributed by atoms with Crippen LogP contribution in [0.3, 0.4) is 0 Å². The molecule has 6 nitrogen and oxygen atoms in total. The van der Waals surface area contributed by atoms with Crippen molar-refractivity contribution in [1.82, 2.24) is 21.2 Å². The molecule has 4 unspecified atom stereocenters. The first-order valence-electron chi connectivity index (χ1n) is 8.71. The first-order valence-corrected chi connectivity index (χ1v) is 8.71. The molecule has 4 atom stereocenters. The molecule has 0 bridgehead atoms. The Hall–Kier alpha value is -1.97. The predicted octanol–water partition coefficient (Wildman–Crippen LogP) is 1.84. The Bertz CT molecular complexity index is 666. The van der Waals surface area contributed by atoms with Gasteiger partial charge in [-0.05, 0) is 49.7 Å². The summed E-state index contributed by atoms with van der Waals surface area (Å²) in [5.41, 5.74) is 8.41. The highest BCUT2D eigenvalue weighted by Crippen LogP contribution is 2.30. The molecule has 24 heavy (non-hydrogen) atoms. The van der Waals surface area contributed by atoms with Gasteiger partial charge in [-0.15, -0.1) is 0 Å². The van der Waals surface area contributed by atoms with E-state index in [0.29, 0.717) is 29.3 Å². The van der Waals surface area contributed by atoms with Gasteiger partial charge in [-0.1, -0.05) is 13.8 Å². The van der Waals surface area contributed by atoms with Gasteiger partial charge in [0.1, 0.15) is 11.8 Å². The van der Waals surface area contributed by atoms with Gasteiger partial charge in [0, 0.05) is 24.3 Å². The van der Waals surface area contributed by atoms with Crippen LogP contribution in [-0.2, 0) is 0 Å². The second-order valence-electron chi connectivity index (χ2n) is 7.26. The molecule has 2 fully saturated rings. The molecule has 1 aliphatic carbocycles. The minimum absolute atomic E-state index is 0.127. The summed E-state index contributed by atoms with van der Waals surface area (Å²) < 4.78 is 0. The molecule has 0 aromatic carbocycles. The number of amides is 1. The summed E-state index contributed by atoms with van der Waals surface area (Å²) in [7, 11) is 0. The molecular formula is C18H25N5O. The van der Waals surface area contributed by atoms with Crippen molar-refractivity contribution in [2.45, 2.75) is 64.1 Å². The van der Waals surface area contributed by atoms with Crippen molar-refractivity contribution in [3.8, 4) is 6.07 Å². The Balaban J connectivity index is 1.72. The highest BCUT2D eigenvalue weighted by Gasteiger charge is 2.38. The molecule has 1 aromatic heterocycles. The summed E-state index contributed by atoms with van der Waals surface area (Å²) in [6, 6.07) is 4.98. The molecule has 6 heteroatoms. The van der Waals surface area contributed by atoms with E-state index in [1.54, 1.807) is 6.07 Å². The summed E-state index contributed by atoms with van der Waals surface area (Å²) in [6.45, 7) is 6.20. The van der Waals surface area contributed by atoms with Crippen molar-refractivity contribution in [3.63, 3.8) is 0 Å². The van der Waals surface area contributed by atoms with Gasteiger partial charge in [-0.25, -0.2) is 4.98 Å². The van der Waals surface area contributed by atoms with Gasteiger partial charge in [-0.3, -0.25) is 15.6 Å². The lowest BCUT2D eigenvalue weighted by Gasteiger charge is -2.32. The second-order valence-corrected chi connectivity index (χ2v) is 7.26. The van der Waals surface area contributed by atoms with E-state index >= 15 is 0 Å². The highest BCUT2D eigenvalue weighted by molar-refractivity contribution is 5.94. The van der Waals surface area contributed by atoms with Crippen molar-refractivity contribution in [1.29, 1.82) is 5.26 Å². The lowest BCUT2D eigenvalue weighted by Crippen LogP contribution is -2.44. The van der Waals surface area contributed by atoms with E-state index in [-0.39, 0.29) is 17.9 Å². The summed E-state index contributed by atoms with van der Waals surface area (Å²) >= 11 is 0. The number of nitrogens with zero attached hydrogens (tertiary/aromatic N) is 2. The van der Waals surface area contributed by atoms with Gasteiger partial charge in [-0.2, -0.15) is 5.26 Å². The number of nitriles is 1. The van der Waals surface area contributed by atoms with Crippen molar-refractivity contribution in [2.24, 2.45) is 5.92 Å². The molecular weight excluding hydrogens is 302 g/mol. The Labute approximate surface area is 143 Å². The van der Waals surface area contributed by atoms with Crippen molar-refractivity contribution in [2.75, 3.05) is 0 Å². The lowest BCUT2D eigenvalue weighted by molar-refractivity contribution is 0.0909. The molecule has 0 spiro atoms. The zero-order chi connectivity index (χ0) is 17.3. The van der Waals surface area contributed by atoms with Crippen LogP contribution in [0.2, 0.25) is 0 Å². The van der Waals surface area contributed by atoms with Crippen LogP contribution in [-0.4, -0.2) is 29.0 Å². The average molecular weight is 327 g/mol. The minimum atomic E-state index is -0.127. The van der Waals surface area contributed by atoms with Gasteiger partial charge >= 0.3 is 0 Å². The molecule has 128 valence electrons. The third kappa shape index (κ3) is 3.28. The molecule has 2 aliphatic rings. The maximum Gasteiger partial charge on any atom is 0.270 e. The number of hydrogen-bond donors (Lipinski definition) is 3. The second kappa shape index (κ2) is 6.88. The molecule has 3 N–H and O–H groups in total. The smallest absolute Gasteiger partial charge is 0.270 e. The molecule has 1 saturated carbocycles. The first kappa shape index (κ1) is 16.9. The van der Waals surface area contributed by atoms with Crippen LogP contribution in [0.1, 0.15) is 67.6 Å². The third-order valence-electron chi connectivity index (χ3n) is 5.26. The van der Waals surface area contributed by atoms with Crippen LogP contribution in [0.25, 0.3) is 0 Å². The molecule has 1 amide bonds. The normalized spacial score (nSPS) is 29.1. The topological polar surface area (TPSA) is 89.8 Å². The van der Waals surface area contributed by atoms with Gasteiger partial charge in [0.05, 0.1) is 5.56 Å². The monoisotopic (exact) mass is 327 g/mol. The van der Waals surface area contributed by atoms with E-state index in [0.717, 1.165) is 24.8 Å². The molecule has 0 radical (unpaired) electrons. The number of hydrogen-bond acceptors (Lipinski definition) is 5. The van der Waals surface area contributed by atoms with E-state index < -0.39 is 0 Å². The van der Waals surface area contributed by atoms with Crippen LogP contribution >= 0.6 is 0 Å². The zero-order valence-electron chi connectivity index (χ0n) is 14.5. The fourth-order valence-electron chi connectivity index (χ4n) is 3.84. The lowest BCUT2D eigenvalue weighted by atomic mass is 9.79. The quantitative estimate of drug-likeness (QED) is 0.788. The largest absolute Gasteiger partial charge is 0.348 e. The maximum absolute atomic E-state index is 12.7. The van der Waals surface area contributed by atoms with Gasteiger partial charge in [0.2, 0.25) is 0 Å². The zero-order valence-corrected chi connectivity index (χ0v) is 14.5. The Morgan fingerprint density at radius 2 is 2.21 bits per heavy atom. The minimum Gasteiger partial charge on any atom is -0.348 e. The molecule has 3 rings (SSSR count). The van der Waals surface area contributed by atoms with Crippen molar-refractivity contribution >= 4 is 5.91 Å². The Morgan fingerprint density at radius 3 is 2.92 bits per heavy atom. The Kier molecular flexibility index (Phi) is 4.83. The number of aromatic nitrogens is 1. The number of carbonyl (C=O) groups excluding carboxylic acids is 1. The molecule has 1 aliphatic heterocycles. The number of hydrazine groups is 1. The van der Waals surface area contributed by atoms with E-state index in [1.165, 1.54) is 6.20 Å². The highest BCUT2D eigenvalue weighted by atomic mass is 16.1. The fourth-order valence-corrected chi connectivity index (χ4v) is 3.84. The number of pyridine rings is 1. The molecule has 1 saturated heterocycles. The van der Waals surface area contributed by atoms with Crippen LogP contribution in [0.5, 0.6) is 0 Å². The number of nitrogens with one attached hydrogen (secondary N) is 3. The van der Waals surface area contributed by atoms with E-state index in [9.17, 15) is 4.79 Å². The van der Waals surface area contributed by atoms with Crippen LogP contribution in [0.15, 0.2) is 12.3 Å². The number of fused-ring (bicyclic) bond motifs is 1. The molecule has 1 aromatic rings. The number of rotatable bonds is 3. The summed E-state index contributed by atoms with van der Waals surface area (Å²) in [5.74, 6) is 0.561. The fraction of sp³-hybridized carbons (Fsp3) is 0.611. The predicted molar refractivity (Wildman–Crippen MR) is 91.2 cm³/mol. The Morgan fingerprint density at radius 1 is 1.42 bits per heavy atom. The van der Waals surface area contributed by atoms with Gasteiger partial charge in [0.15, 0.2) is 0 Å². The van der Waals surface area contributed by atoms with Gasteiger partial charge in [0.25, 0.3) is 5.91 Å². The van der Waals surface area contributed by atoms with E-state index in [2.05, 4.69) is 34.1 Å². The summed E-state index contributed by atoms with van der Waals surface area (Å²) in [6.07, 6.45) is 4.49. The maximum atomic E-state index is 12.7. The van der Waals surface area contributed by atoms with Gasteiger partial charge < -0.3 is 5.32 Å². The van der Waals surface area contributed by atoms with Crippen molar-refractivity contribution in [3.05, 3.63) is 29.1 Å².